The number of aromatic nitrogens is 1. The van der Waals surface area contributed by atoms with Crippen LogP contribution in [0.4, 0.5) is 5.69 Å². The number of pyridine rings is 1. The van der Waals surface area contributed by atoms with Crippen LogP contribution in [0.5, 0.6) is 0 Å². The third kappa shape index (κ3) is 2.14. The number of thiophene rings is 1. The minimum Gasteiger partial charge on any atom is -0.397 e. The van der Waals surface area contributed by atoms with E-state index in [-0.39, 0.29) is 5.91 Å². The number of nitrogen functional groups attached to an aromatic ring is 1. The van der Waals surface area contributed by atoms with Crippen molar-refractivity contribution in [1.29, 1.82) is 0 Å². The van der Waals surface area contributed by atoms with Crippen molar-refractivity contribution in [2.24, 2.45) is 0 Å². The van der Waals surface area contributed by atoms with Gasteiger partial charge in [0, 0.05) is 25.5 Å². The second kappa shape index (κ2) is 5.03. The minimum atomic E-state index is -0.0639. The molecule has 0 aliphatic carbocycles. The van der Waals surface area contributed by atoms with Crippen LogP contribution in [0.25, 0.3) is 10.2 Å². The molecule has 1 aliphatic heterocycles. The molecular formula is C14H18N4OS. The molecule has 1 amide bonds. The molecule has 1 fully saturated rings. The molecule has 5 nitrogen and oxygen atoms in total. The van der Waals surface area contributed by atoms with Gasteiger partial charge in [-0.15, -0.1) is 11.3 Å². The molecule has 0 aromatic carbocycles. The Labute approximate surface area is 121 Å². The summed E-state index contributed by atoms with van der Waals surface area (Å²) in [6.07, 6.45) is 2.30. The summed E-state index contributed by atoms with van der Waals surface area (Å²) in [6.45, 7) is 1.04. The number of nitrogens with two attached hydrogens (primary N) is 1. The molecule has 2 aromatic heterocycles. The van der Waals surface area contributed by atoms with Gasteiger partial charge in [-0.3, -0.25) is 4.79 Å². The summed E-state index contributed by atoms with van der Waals surface area (Å²) in [5.41, 5.74) is 7.67. The highest BCUT2D eigenvalue weighted by Gasteiger charge is 2.21. The molecule has 3 N–H and O–H groups in total. The zero-order chi connectivity index (χ0) is 14.3. The van der Waals surface area contributed by atoms with Crippen LogP contribution in [-0.4, -0.2) is 36.4 Å². The van der Waals surface area contributed by atoms with Gasteiger partial charge < -0.3 is 16.0 Å². The monoisotopic (exact) mass is 290 g/mol. The fourth-order valence-corrected chi connectivity index (χ4v) is 3.63. The predicted molar refractivity (Wildman–Crippen MR) is 82.0 cm³/mol. The SMILES string of the molecule is CN(C)C(=O)c1sc2nc([C@@H]3CCCN3)ccc2c1N. The number of hydrogen-bond acceptors (Lipinski definition) is 5. The quantitative estimate of drug-likeness (QED) is 0.887. The normalized spacial score (nSPS) is 18.6. The summed E-state index contributed by atoms with van der Waals surface area (Å²) >= 11 is 1.38. The number of carbonyl (C=O) groups is 1. The smallest absolute Gasteiger partial charge is 0.265 e. The third-order valence-electron chi connectivity index (χ3n) is 3.63. The van der Waals surface area contributed by atoms with Gasteiger partial charge in [-0.25, -0.2) is 4.98 Å². The van der Waals surface area contributed by atoms with Gasteiger partial charge in [-0.2, -0.15) is 0 Å². The van der Waals surface area contributed by atoms with Gasteiger partial charge in [0.05, 0.1) is 11.4 Å². The van der Waals surface area contributed by atoms with Crippen molar-refractivity contribution in [2.75, 3.05) is 26.4 Å². The molecule has 0 unspecified atom stereocenters. The number of anilines is 1. The van der Waals surface area contributed by atoms with E-state index < -0.39 is 0 Å². The maximum Gasteiger partial charge on any atom is 0.265 e. The molecule has 0 saturated carbocycles. The fraction of sp³-hybridized carbons (Fsp3) is 0.429. The fourth-order valence-electron chi connectivity index (χ4n) is 2.50. The molecular weight excluding hydrogens is 272 g/mol. The molecule has 0 radical (unpaired) electrons. The summed E-state index contributed by atoms with van der Waals surface area (Å²) in [5, 5.41) is 4.31. The number of carbonyl (C=O) groups excluding carboxylic acids is 1. The van der Waals surface area contributed by atoms with E-state index in [4.69, 9.17) is 5.73 Å². The second-order valence-electron chi connectivity index (χ2n) is 5.28. The Kier molecular flexibility index (Phi) is 3.35. The lowest BCUT2D eigenvalue weighted by atomic mass is 10.1. The van der Waals surface area contributed by atoms with Gasteiger partial charge in [0.2, 0.25) is 0 Å². The van der Waals surface area contributed by atoms with Crippen LogP contribution >= 0.6 is 11.3 Å². The number of rotatable bonds is 2. The average molecular weight is 290 g/mol. The van der Waals surface area contributed by atoms with Gasteiger partial charge >= 0.3 is 0 Å². The topological polar surface area (TPSA) is 71.2 Å². The Morgan fingerprint density at radius 2 is 2.30 bits per heavy atom. The Bertz CT molecular complexity index is 658. The standard InChI is InChI=1S/C14H18N4OS/c1-18(2)14(19)12-11(15)8-5-6-10(17-13(8)20-12)9-4-3-7-16-9/h5-6,9,16H,3-4,7,15H2,1-2H3/t9-/m0/s1. The van der Waals surface area contributed by atoms with Crippen molar-refractivity contribution in [3.8, 4) is 0 Å². The van der Waals surface area contributed by atoms with E-state index in [0.29, 0.717) is 16.6 Å². The van der Waals surface area contributed by atoms with E-state index in [0.717, 1.165) is 28.9 Å². The maximum atomic E-state index is 12.1. The highest BCUT2D eigenvalue weighted by molar-refractivity contribution is 7.21. The Morgan fingerprint density at radius 3 is 2.95 bits per heavy atom. The summed E-state index contributed by atoms with van der Waals surface area (Å²) in [6, 6.07) is 4.32. The second-order valence-corrected chi connectivity index (χ2v) is 6.28. The highest BCUT2D eigenvalue weighted by Crippen LogP contribution is 2.34. The van der Waals surface area contributed by atoms with Crippen molar-refractivity contribution in [3.63, 3.8) is 0 Å². The largest absolute Gasteiger partial charge is 0.397 e. The minimum absolute atomic E-state index is 0.0639. The molecule has 3 heterocycles. The lowest BCUT2D eigenvalue weighted by Gasteiger charge is -2.08. The molecule has 3 rings (SSSR count). The summed E-state index contributed by atoms with van der Waals surface area (Å²) in [5.74, 6) is -0.0639. The van der Waals surface area contributed by atoms with Crippen molar-refractivity contribution in [3.05, 3.63) is 22.7 Å². The molecule has 20 heavy (non-hydrogen) atoms. The number of amides is 1. The van der Waals surface area contributed by atoms with Crippen LogP contribution in [-0.2, 0) is 0 Å². The van der Waals surface area contributed by atoms with E-state index in [1.807, 2.05) is 12.1 Å². The lowest BCUT2D eigenvalue weighted by molar-refractivity contribution is 0.0833. The number of fused-ring (bicyclic) bond motifs is 1. The van der Waals surface area contributed by atoms with Gasteiger partial charge in [0.25, 0.3) is 5.91 Å². The Hall–Kier alpha value is -1.66. The first-order valence-electron chi connectivity index (χ1n) is 6.72. The predicted octanol–water partition coefficient (Wildman–Crippen LogP) is 2.00. The first kappa shape index (κ1) is 13.3. The zero-order valence-corrected chi connectivity index (χ0v) is 12.5. The molecule has 2 aromatic rings. The van der Waals surface area contributed by atoms with Crippen LogP contribution < -0.4 is 11.1 Å². The zero-order valence-electron chi connectivity index (χ0n) is 11.6. The van der Waals surface area contributed by atoms with E-state index in [9.17, 15) is 4.79 Å². The lowest BCUT2D eigenvalue weighted by Crippen LogP contribution is -2.21. The molecule has 0 spiro atoms. The summed E-state index contributed by atoms with van der Waals surface area (Å²) in [7, 11) is 3.46. The van der Waals surface area contributed by atoms with Gasteiger partial charge in [0.1, 0.15) is 9.71 Å². The highest BCUT2D eigenvalue weighted by atomic mass is 32.1. The first-order chi connectivity index (χ1) is 9.58. The van der Waals surface area contributed by atoms with Gasteiger partial charge in [0.15, 0.2) is 0 Å². The van der Waals surface area contributed by atoms with Crippen molar-refractivity contribution in [2.45, 2.75) is 18.9 Å². The van der Waals surface area contributed by atoms with Gasteiger partial charge in [-0.1, -0.05) is 0 Å². The number of nitrogens with zero attached hydrogens (tertiary/aromatic N) is 2. The van der Waals surface area contributed by atoms with Crippen LogP contribution in [0, 0.1) is 0 Å². The Morgan fingerprint density at radius 1 is 1.50 bits per heavy atom. The van der Waals surface area contributed by atoms with E-state index in [1.165, 1.54) is 17.8 Å². The van der Waals surface area contributed by atoms with Crippen LogP contribution in [0.1, 0.15) is 34.2 Å². The van der Waals surface area contributed by atoms with Crippen molar-refractivity contribution < 1.29 is 4.79 Å². The average Bonchev–Trinajstić information content (AvgIpc) is 3.06. The Balaban J connectivity index is 2.04. The van der Waals surface area contributed by atoms with Crippen LogP contribution in [0.3, 0.4) is 0 Å². The number of nitrogens with one attached hydrogen (secondary N) is 1. The maximum absolute atomic E-state index is 12.1. The summed E-state index contributed by atoms with van der Waals surface area (Å²) < 4.78 is 0. The molecule has 1 atom stereocenters. The molecule has 1 aliphatic rings. The van der Waals surface area contributed by atoms with Crippen LogP contribution in [0.15, 0.2) is 12.1 Å². The molecule has 6 heteroatoms. The molecule has 106 valence electrons. The molecule has 1 saturated heterocycles. The van der Waals surface area contributed by atoms with Crippen molar-refractivity contribution >= 4 is 33.1 Å². The first-order valence-corrected chi connectivity index (χ1v) is 7.53. The summed E-state index contributed by atoms with van der Waals surface area (Å²) in [4.78, 5) is 19.7. The van der Waals surface area contributed by atoms with E-state index >= 15 is 0 Å². The van der Waals surface area contributed by atoms with E-state index in [1.54, 1.807) is 19.0 Å². The van der Waals surface area contributed by atoms with Gasteiger partial charge in [-0.05, 0) is 31.5 Å². The van der Waals surface area contributed by atoms with Crippen LogP contribution in [0.2, 0.25) is 0 Å². The van der Waals surface area contributed by atoms with Crippen molar-refractivity contribution in [1.82, 2.24) is 15.2 Å². The third-order valence-corrected chi connectivity index (χ3v) is 4.74. The molecule has 0 bridgehead atoms. The number of hydrogen-bond donors (Lipinski definition) is 2. The van der Waals surface area contributed by atoms with E-state index in [2.05, 4.69) is 10.3 Å².